The number of aromatic nitrogens is 1. The lowest BCUT2D eigenvalue weighted by Crippen LogP contribution is -2.57. The van der Waals surface area contributed by atoms with Crippen LogP contribution in [0.1, 0.15) is 81.8 Å². The molecular weight excluding hydrogens is 608 g/mol. The van der Waals surface area contributed by atoms with Gasteiger partial charge in [0.05, 0.1) is 24.1 Å². The summed E-state index contributed by atoms with van der Waals surface area (Å²) in [6.07, 6.45) is 4.57. The zero-order valence-electron chi connectivity index (χ0n) is 28.3. The number of carbonyl (C=O) groups is 4. The van der Waals surface area contributed by atoms with Crippen LogP contribution in [-0.4, -0.2) is 70.0 Å². The summed E-state index contributed by atoms with van der Waals surface area (Å²) < 4.78 is 0. The van der Waals surface area contributed by atoms with Crippen molar-refractivity contribution in [2.45, 2.75) is 90.3 Å². The Balaban J connectivity index is 1.53. The minimum absolute atomic E-state index is 0.0675. The zero-order chi connectivity index (χ0) is 34.7. The molecule has 0 aliphatic heterocycles. The Bertz CT molecular complexity index is 1540. The summed E-state index contributed by atoms with van der Waals surface area (Å²) in [6.45, 7) is 6.64. The van der Waals surface area contributed by atoms with Crippen molar-refractivity contribution < 1.29 is 24.3 Å². The maximum Gasteiger partial charge on any atom is 0.270 e. The molecule has 4 amide bonds. The molecule has 0 unspecified atom stereocenters. The second-order valence-corrected chi connectivity index (χ2v) is 14.1. The van der Waals surface area contributed by atoms with Crippen LogP contribution in [0.25, 0.3) is 10.9 Å². The van der Waals surface area contributed by atoms with Crippen molar-refractivity contribution >= 4 is 34.5 Å². The summed E-state index contributed by atoms with van der Waals surface area (Å²) in [4.78, 5) is 56.4. The van der Waals surface area contributed by atoms with Crippen LogP contribution in [-0.2, 0) is 20.8 Å². The molecule has 0 bridgehead atoms. The Labute approximate surface area is 283 Å². The summed E-state index contributed by atoms with van der Waals surface area (Å²) >= 11 is 0. The highest BCUT2D eigenvalue weighted by molar-refractivity contribution is 5.99. The van der Waals surface area contributed by atoms with E-state index in [0.29, 0.717) is 24.4 Å². The maximum absolute atomic E-state index is 13.8. The average Bonchev–Trinajstić information content (AvgIpc) is 3.03. The molecule has 0 spiro atoms. The van der Waals surface area contributed by atoms with Gasteiger partial charge in [0.15, 0.2) is 0 Å². The van der Waals surface area contributed by atoms with Crippen LogP contribution in [0.15, 0.2) is 66.7 Å². The van der Waals surface area contributed by atoms with Gasteiger partial charge in [0.25, 0.3) is 5.91 Å². The molecule has 3 aromatic rings. The van der Waals surface area contributed by atoms with E-state index < -0.39 is 42.3 Å². The van der Waals surface area contributed by atoms with Gasteiger partial charge in [-0.15, -0.1) is 0 Å². The Morgan fingerprint density at radius 1 is 0.938 bits per heavy atom. The van der Waals surface area contributed by atoms with E-state index in [0.717, 1.165) is 36.6 Å². The lowest BCUT2D eigenvalue weighted by atomic mass is 9.89. The van der Waals surface area contributed by atoms with Gasteiger partial charge in [0, 0.05) is 24.9 Å². The molecule has 258 valence electrons. The fourth-order valence-electron chi connectivity index (χ4n) is 6.17. The first kappa shape index (κ1) is 36.5. The first-order chi connectivity index (χ1) is 22.9. The Morgan fingerprint density at radius 3 is 2.31 bits per heavy atom. The number of rotatable bonds is 15. The number of hydrazine groups is 1. The van der Waals surface area contributed by atoms with Crippen molar-refractivity contribution in [3.05, 3.63) is 78.0 Å². The van der Waals surface area contributed by atoms with Crippen LogP contribution in [0.3, 0.4) is 0 Å². The van der Waals surface area contributed by atoms with E-state index in [-0.39, 0.29) is 30.0 Å². The lowest BCUT2D eigenvalue weighted by Gasteiger charge is -2.34. The smallest absolute Gasteiger partial charge is 0.270 e. The first-order valence-electron chi connectivity index (χ1n) is 16.9. The number of benzene rings is 2. The van der Waals surface area contributed by atoms with Crippen LogP contribution < -0.4 is 21.8 Å². The third kappa shape index (κ3) is 11.7. The summed E-state index contributed by atoms with van der Waals surface area (Å²) in [5.41, 5.74) is 9.87. The molecule has 48 heavy (non-hydrogen) atoms. The van der Waals surface area contributed by atoms with Crippen molar-refractivity contribution in [2.75, 3.05) is 13.1 Å². The maximum atomic E-state index is 13.8. The van der Waals surface area contributed by atoms with Crippen LogP contribution in [0.4, 0.5) is 0 Å². The number of pyridine rings is 1. The van der Waals surface area contributed by atoms with E-state index >= 15 is 0 Å². The molecule has 0 saturated heterocycles. The van der Waals surface area contributed by atoms with Gasteiger partial charge in [-0.2, -0.15) is 0 Å². The monoisotopic (exact) mass is 658 g/mol. The number of hydrogen-bond donors (Lipinski definition) is 5. The summed E-state index contributed by atoms with van der Waals surface area (Å²) in [5.74, 6) is -1.84. The van der Waals surface area contributed by atoms with Gasteiger partial charge >= 0.3 is 0 Å². The molecule has 2 aromatic carbocycles. The van der Waals surface area contributed by atoms with Crippen molar-refractivity contribution in [3.63, 3.8) is 0 Å². The van der Waals surface area contributed by atoms with E-state index in [1.807, 2.05) is 69.3 Å². The average molecular weight is 659 g/mol. The van der Waals surface area contributed by atoms with Crippen molar-refractivity contribution in [1.29, 1.82) is 0 Å². The molecule has 3 atom stereocenters. The normalized spacial score (nSPS) is 15.8. The number of amides is 4. The van der Waals surface area contributed by atoms with Crippen molar-refractivity contribution in [3.8, 4) is 0 Å². The number of hydrogen-bond acceptors (Lipinski definition) is 7. The molecule has 1 heterocycles. The lowest BCUT2D eigenvalue weighted by molar-refractivity contribution is -0.130. The van der Waals surface area contributed by atoms with E-state index in [4.69, 9.17) is 5.73 Å². The van der Waals surface area contributed by atoms with Crippen LogP contribution in [0.2, 0.25) is 0 Å². The fourth-order valence-corrected chi connectivity index (χ4v) is 6.17. The molecule has 1 aliphatic carbocycles. The molecule has 1 aliphatic rings. The number of fused-ring (bicyclic) bond motifs is 1. The minimum Gasteiger partial charge on any atom is -0.390 e. The SMILES string of the molecule is CC(C)(C)CC(=O)NN(CC1CCCCC1)C[C@H](O)[C@H](Cc1ccccc1)NC(=O)[C@H](CC(N)=O)NC(=O)c1ccc2ccccc2n1. The molecule has 11 heteroatoms. The third-order valence-corrected chi connectivity index (χ3v) is 8.53. The number of nitrogens with zero attached hydrogens (tertiary/aromatic N) is 2. The van der Waals surface area contributed by atoms with E-state index in [1.54, 1.807) is 23.2 Å². The number of nitrogens with two attached hydrogens (primary N) is 1. The highest BCUT2D eigenvalue weighted by atomic mass is 16.3. The number of aliphatic hydroxyl groups excluding tert-OH is 1. The van der Waals surface area contributed by atoms with Gasteiger partial charge in [-0.25, -0.2) is 9.99 Å². The molecule has 6 N–H and O–H groups in total. The second kappa shape index (κ2) is 17.2. The predicted molar refractivity (Wildman–Crippen MR) is 185 cm³/mol. The number of para-hydroxylation sites is 1. The standard InChI is InChI=1S/C37H50N6O5/c1-37(2,3)22-34(46)42-43(23-26-14-8-5-9-15-26)24-32(44)30(20-25-12-6-4-7-13-25)40-36(48)31(21-33(38)45)41-35(47)29-19-18-27-16-10-11-17-28(27)39-29/h4,6-7,10-13,16-19,26,30-32,44H,5,8-9,14-15,20-24H2,1-3H3,(H2,38,45)(H,40,48)(H,41,47)(H,42,46)/t30-,31-,32-/m0/s1. The van der Waals surface area contributed by atoms with Gasteiger partial charge in [0.2, 0.25) is 17.7 Å². The summed E-state index contributed by atoms with van der Waals surface area (Å²) in [5, 5.41) is 19.8. The topological polar surface area (TPSA) is 167 Å². The van der Waals surface area contributed by atoms with Gasteiger partial charge in [-0.3, -0.25) is 24.6 Å². The largest absolute Gasteiger partial charge is 0.390 e. The second-order valence-electron chi connectivity index (χ2n) is 14.1. The van der Waals surface area contributed by atoms with Crippen LogP contribution in [0.5, 0.6) is 0 Å². The number of carbonyl (C=O) groups excluding carboxylic acids is 4. The minimum atomic E-state index is -1.31. The Morgan fingerprint density at radius 2 is 1.62 bits per heavy atom. The quantitative estimate of drug-likeness (QED) is 0.156. The van der Waals surface area contributed by atoms with Crippen LogP contribution in [0, 0.1) is 11.3 Å². The highest BCUT2D eigenvalue weighted by Gasteiger charge is 2.31. The molecule has 11 nitrogen and oxygen atoms in total. The van der Waals surface area contributed by atoms with Crippen molar-refractivity contribution in [2.24, 2.45) is 17.1 Å². The fraction of sp³-hybridized carbons (Fsp3) is 0.486. The van der Waals surface area contributed by atoms with E-state index in [1.165, 1.54) is 6.42 Å². The van der Waals surface area contributed by atoms with E-state index in [2.05, 4.69) is 21.0 Å². The third-order valence-electron chi connectivity index (χ3n) is 8.53. The predicted octanol–water partition coefficient (Wildman–Crippen LogP) is 3.65. The Kier molecular flexibility index (Phi) is 13.0. The summed E-state index contributed by atoms with van der Waals surface area (Å²) in [7, 11) is 0. The molecule has 1 saturated carbocycles. The molecule has 4 rings (SSSR count). The Hall–Kier alpha value is -4.35. The molecule has 0 radical (unpaired) electrons. The van der Waals surface area contributed by atoms with Crippen LogP contribution >= 0.6 is 0 Å². The van der Waals surface area contributed by atoms with E-state index in [9.17, 15) is 24.3 Å². The molecule has 1 aromatic heterocycles. The number of primary amides is 1. The van der Waals surface area contributed by atoms with Gasteiger partial charge in [0.1, 0.15) is 11.7 Å². The zero-order valence-corrected chi connectivity index (χ0v) is 28.3. The highest BCUT2D eigenvalue weighted by Crippen LogP contribution is 2.25. The van der Waals surface area contributed by atoms with Gasteiger partial charge in [-0.1, -0.05) is 94.6 Å². The number of aliphatic hydroxyl groups is 1. The number of nitrogens with one attached hydrogen (secondary N) is 3. The van der Waals surface area contributed by atoms with Gasteiger partial charge in [-0.05, 0) is 48.3 Å². The van der Waals surface area contributed by atoms with Crippen molar-refractivity contribution in [1.82, 2.24) is 26.1 Å². The first-order valence-corrected chi connectivity index (χ1v) is 16.9. The van der Waals surface area contributed by atoms with Gasteiger partial charge < -0.3 is 21.5 Å². The molecule has 1 fully saturated rings. The summed E-state index contributed by atoms with van der Waals surface area (Å²) in [6, 6.07) is 17.9. The molecular formula is C37H50N6O5.